The highest BCUT2D eigenvalue weighted by atomic mass is 35.5. The molecule has 0 aliphatic carbocycles. The number of amides is 1. The Labute approximate surface area is 118 Å². The number of nitrogens with two attached hydrogens (primary N) is 1. The molecule has 1 fully saturated rings. The topological polar surface area (TPSA) is 55.6 Å². The summed E-state index contributed by atoms with van der Waals surface area (Å²) >= 11 is 6.09. The number of rotatable bonds is 3. The first-order chi connectivity index (χ1) is 9.11. The average molecular weight is 283 g/mol. The largest absolute Gasteiger partial charge is 0.399 e. The van der Waals surface area contributed by atoms with Gasteiger partial charge in [0.2, 0.25) is 0 Å². The molecule has 2 rings (SSSR count). The van der Waals surface area contributed by atoms with E-state index >= 15 is 0 Å². The minimum atomic E-state index is -0.0224. The van der Waals surface area contributed by atoms with Crippen molar-refractivity contribution < 1.29 is 9.53 Å². The Kier molecular flexibility index (Phi) is 4.66. The van der Waals surface area contributed by atoms with Gasteiger partial charge in [0, 0.05) is 25.9 Å². The Morgan fingerprint density at radius 1 is 1.58 bits per heavy atom. The van der Waals surface area contributed by atoms with Crippen LogP contribution in [-0.4, -0.2) is 37.6 Å². The van der Waals surface area contributed by atoms with Crippen molar-refractivity contribution in [3.8, 4) is 0 Å². The minimum Gasteiger partial charge on any atom is -0.399 e. The third kappa shape index (κ3) is 3.39. The van der Waals surface area contributed by atoms with Crippen molar-refractivity contribution in [3.05, 3.63) is 28.8 Å². The molecule has 0 radical (unpaired) electrons. The molecule has 0 bridgehead atoms. The monoisotopic (exact) mass is 282 g/mol. The van der Waals surface area contributed by atoms with E-state index in [1.54, 1.807) is 25.3 Å². The molecule has 2 N–H and O–H groups in total. The summed E-state index contributed by atoms with van der Waals surface area (Å²) in [5.74, 6) is 0.390. The lowest BCUT2D eigenvalue weighted by Crippen LogP contribution is -2.41. The molecule has 1 heterocycles. The van der Waals surface area contributed by atoms with Crippen LogP contribution in [0, 0.1) is 5.92 Å². The van der Waals surface area contributed by atoms with Gasteiger partial charge in [0.05, 0.1) is 17.2 Å². The summed E-state index contributed by atoms with van der Waals surface area (Å²) in [5, 5.41) is 0.416. The average Bonchev–Trinajstić information content (AvgIpc) is 2.39. The Morgan fingerprint density at radius 2 is 2.37 bits per heavy atom. The number of hydrogen-bond acceptors (Lipinski definition) is 3. The summed E-state index contributed by atoms with van der Waals surface area (Å²) < 4.78 is 5.17. The number of carbonyl (C=O) groups is 1. The molecule has 1 unspecified atom stereocenters. The normalized spacial score (nSPS) is 19.5. The zero-order valence-electron chi connectivity index (χ0n) is 11.1. The molecular formula is C14H19ClN2O2. The first-order valence-electron chi connectivity index (χ1n) is 6.45. The fourth-order valence-electron chi connectivity index (χ4n) is 2.50. The van der Waals surface area contributed by atoms with Gasteiger partial charge in [0.25, 0.3) is 5.91 Å². The van der Waals surface area contributed by atoms with Crippen LogP contribution in [0.5, 0.6) is 0 Å². The second kappa shape index (κ2) is 6.26. The van der Waals surface area contributed by atoms with Gasteiger partial charge in [-0.15, -0.1) is 0 Å². The summed E-state index contributed by atoms with van der Waals surface area (Å²) in [6.07, 6.45) is 2.11. The van der Waals surface area contributed by atoms with E-state index in [-0.39, 0.29) is 5.91 Å². The van der Waals surface area contributed by atoms with Crippen molar-refractivity contribution in [1.29, 1.82) is 0 Å². The molecule has 0 spiro atoms. The number of piperidine rings is 1. The van der Waals surface area contributed by atoms with Gasteiger partial charge in [-0.25, -0.2) is 0 Å². The number of carbonyl (C=O) groups excluding carboxylic acids is 1. The van der Waals surface area contributed by atoms with Crippen LogP contribution in [0.2, 0.25) is 5.02 Å². The molecule has 1 aliphatic heterocycles. The Morgan fingerprint density at radius 3 is 3.05 bits per heavy atom. The van der Waals surface area contributed by atoms with Gasteiger partial charge in [-0.2, -0.15) is 0 Å². The molecule has 1 aromatic rings. The highest BCUT2D eigenvalue weighted by Crippen LogP contribution is 2.24. The van der Waals surface area contributed by atoms with Gasteiger partial charge in [-0.05, 0) is 37.0 Å². The zero-order chi connectivity index (χ0) is 13.8. The van der Waals surface area contributed by atoms with Crippen molar-refractivity contribution in [3.63, 3.8) is 0 Å². The number of ether oxygens (including phenoxy) is 1. The van der Waals surface area contributed by atoms with E-state index in [1.165, 1.54) is 0 Å². The van der Waals surface area contributed by atoms with Crippen molar-refractivity contribution >= 4 is 23.2 Å². The number of benzene rings is 1. The van der Waals surface area contributed by atoms with Crippen LogP contribution >= 0.6 is 11.6 Å². The SMILES string of the molecule is COCC1CCCN(C(=O)c2ccc(N)cc2Cl)C1. The van der Waals surface area contributed by atoms with Crippen molar-refractivity contribution in [2.24, 2.45) is 5.92 Å². The summed E-state index contributed by atoms with van der Waals surface area (Å²) in [4.78, 5) is 14.3. The van der Waals surface area contributed by atoms with Crippen LogP contribution in [0.3, 0.4) is 0 Å². The zero-order valence-corrected chi connectivity index (χ0v) is 11.8. The molecule has 0 saturated carbocycles. The third-order valence-corrected chi connectivity index (χ3v) is 3.74. The molecule has 0 aromatic heterocycles. The van der Waals surface area contributed by atoms with Crippen LogP contribution in [0.4, 0.5) is 5.69 Å². The van der Waals surface area contributed by atoms with E-state index in [4.69, 9.17) is 22.1 Å². The first kappa shape index (κ1) is 14.2. The van der Waals surface area contributed by atoms with Crippen LogP contribution in [0.25, 0.3) is 0 Å². The Bertz CT molecular complexity index is 463. The van der Waals surface area contributed by atoms with Gasteiger partial charge in [0.1, 0.15) is 0 Å². The fraction of sp³-hybridized carbons (Fsp3) is 0.500. The number of anilines is 1. The highest BCUT2D eigenvalue weighted by Gasteiger charge is 2.25. The smallest absolute Gasteiger partial charge is 0.255 e. The molecule has 1 saturated heterocycles. The van der Waals surface area contributed by atoms with Gasteiger partial charge in [-0.1, -0.05) is 11.6 Å². The quantitative estimate of drug-likeness (QED) is 0.866. The standard InChI is InChI=1S/C14H19ClN2O2/c1-19-9-10-3-2-6-17(8-10)14(18)12-5-4-11(16)7-13(12)15/h4-5,7,10H,2-3,6,8-9,16H2,1H3. The van der Waals surface area contributed by atoms with E-state index in [0.29, 0.717) is 28.8 Å². The van der Waals surface area contributed by atoms with Crippen LogP contribution < -0.4 is 5.73 Å². The van der Waals surface area contributed by atoms with E-state index < -0.39 is 0 Å². The van der Waals surface area contributed by atoms with Crippen molar-refractivity contribution in [2.45, 2.75) is 12.8 Å². The summed E-state index contributed by atoms with van der Waals surface area (Å²) in [6, 6.07) is 5.01. The van der Waals surface area contributed by atoms with E-state index in [0.717, 1.165) is 25.9 Å². The Hall–Kier alpha value is -1.26. The lowest BCUT2D eigenvalue weighted by atomic mass is 9.98. The van der Waals surface area contributed by atoms with Gasteiger partial charge < -0.3 is 15.4 Å². The van der Waals surface area contributed by atoms with Gasteiger partial charge in [0.15, 0.2) is 0 Å². The van der Waals surface area contributed by atoms with Crippen molar-refractivity contribution in [1.82, 2.24) is 4.90 Å². The highest BCUT2D eigenvalue weighted by molar-refractivity contribution is 6.34. The summed E-state index contributed by atoms with van der Waals surface area (Å²) in [6.45, 7) is 2.20. The Balaban J connectivity index is 2.10. The molecule has 5 heteroatoms. The molecule has 1 atom stereocenters. The molecule has 4 nitrogen and oxygen atoms in total. The second-order valence-corrected chi connectivity index (χ2v) is 5.36. The maximum atomic E-state index is 12.4. The lowest BCUT2D eigenvalue weighted by molar-refractivity contribution is 0.0571. The first-order valence-corrected chi connectivity index (χ1v) is 6.83. The van der Waals surface area contributed by atoms with Crippen LogP contribution in [-0.2, 0) is 4.74 Å². The molecule has 1 amide bonds. The van der Waals surface area contributed by atoms with Crippen molar-refractivity contribution in [2.75, 3.05) is 32.5 Å². The summed E-state index contributed by atoms with van der Waals surface area (Å²) in [5.41, 5.74) is 6.73. The predicted molar refractivity (Wildman–Crippen MR) is 76.4 cm³/mol. The van der Waals surface area contributed by atoms with E-state index in [1.807, 2.05) is 4.90 Å². The van der Waals surface area contributed by atoms with E-state index in [2.05, 4.69) is 0 Å². The number of methoxy groups -OCH3 is 1. The number of likely N-dealkylation sites (tertiary alicyclic amines) is 1. The summed E-state index contributed by atoms with van der Waals surface area (Å²) in [7, 11) is 1.69. The second-order valence-electron chi connectivity index (χ2n) is 4.95. The molecular weight excluding hydrogens is 264 g/mol. The van der Waals surface area contributed by atoms with Crippen LogP contribution in [0.15, 0.2) is 18.2 Å². The minimum absolute atomic E-state index is 0.0224. The molecule has 19 heavy (non-hydrogen) atoms. The number of nitrogen functional groups attached to an aromatic ring is 1. The number of halogens is 1. The molecule has 1 aliphatic rings. The van der Waals surface area contributed by atoms with Gasteiger partial charge in [-0.3, -0.25) is 4.79 Å². The number of nitrogens with zero attached hydrogens (tertiary/aromatic N) is 1. The molecule has 1 aromatic carbocycles. The van der Waals surface area contributed by atoms with Crippen LogP contribution in [0.1, 0.15) is 23.2 Å². The predicted octanol–water partition coefficient (Wildman–Crippen LogP) is 2.42. The van der Waals surface area contributed by atoms with E-state index in [9.17, 15) is 4.79 Å². The fourth-order valence-corrected chi connectivity index (χ4v) is 2.77. The van der Waals surface area contributed by atoms with Gasteiger partial charge >= 0.3 is 0 Å². The maximum Gasteiger partial charge on any atom is 0.255 e. The molecule has 104 valence electrons. The maximum absolute atomic E-state index is 12.4. The number of hydrogen-bond donors (Lipinski definition) is 1. The third-order valence-electron chi connectivity index (χ3n) is 3.43. The lowest BCUT2D eigenvalue weighted by Gasteiger charge is -2.32.